The molecule has 1 aromatic rings. The number of nitrogens with zero attached hydrogens (tertiary/aromatic N) is 1. The fraction of sp³-hybridized carbons (Fsp3) is 0.462. The first-order valence-corrected chi connectivity index (χ1v) is 8.40. The topological polar surface area (TPSA) is 84.5 Å². The Morgan fingerprint density at radius 1 is 1.41 bits per heavy atom. The van der Waals surface area contributed by atoms with Crippen LogP contribution in [0.1, 0.15) is 12.8 Å². The number of hydrogen-bond acceptors (Lipinski definition) is 3. The third-order valence-electron chi connectivity index (χ3n) is 3.27. The van der Waals surface area contributed by atoms with E-state index in [9.17, 15) is 17.2 Å². The zero-order valence-corrected chi connectivity index (χ0v) is 14.9. The number of halogens is 3. The largest absolute Gasteiger partial charge is 0.370 e. The lowest BCUT2D eigenvalue weighted by Gasteiger charge is -2.20. The predicted octanol–water partition coefficient (Wildman–Crippen LogP) is 2.13. The lowest BCUT2D eigenvalue weighted by atomic mass is 10.1. The first kappa shape index (κ1) is 19.1. The van der Waals surface area contributed by atoms with Gasteiger partial charge >= 0.3 is 0 Å². The second-order valence-electron chi connectivity index (χ2n) is 5.10. The lowest BCUT2D eigenvalue weighted by Crippen LogP contribution is -2.29. The summed E-state index contributed by atoms with van der Waals surface area (Å²) in [6.07, 6.45) is 1.39. The number of nitrogens with two attached hydrogens (primary N) is 1. The molecular formula is C13H18F2IN3O2S. The van der Waals surface area contributed by atoms with Crippen molar-refractivity contribution in [3.8, 4) is 0 Å². The van der Waals surface area contributed by atoms with Gasteiger partial charge in [-0.05, 0) is 30.9 Å². The van der Waals surface area contributed by atoms with E-state index in [1.54, 1.807) is 0 Å². The van der Waals surface area contributed by atoms with E-state index in [1.165, 1.54) is 0 Å². The highest BCUT2D eigenvalue weighted by Gasteiger charge is 2.24. The van der Waals surface area contributed by atoms with Crippen molar-refractivity contribution in [1.29, 1.82) is 0 Å². The summed E-state index contributed by atoms with van der Waals surface area (Å²) in [6, 6.07) is 2.96. The number of hydrogen-bond donors (Lipinski definition) is 2. The Bertz CT molecular complexity index is 653. The summed E-state index contributed by atoms with van der Waals surface area (Å²) in [6.45, 7) is 0.245. The van der Waals surface area contributed by atoms with Gasteiger partial charge in [0.25, 0.3) is 0 Å². The summed E-state index contributed by atoms with van der Waals surface area (Å²) in [7, 11) is -2.99. The van der Waals surface area contributed by atoms with Crippen molar-refractivity contribution in [3.63, 3.8) is 0 Å². The molecule has 1 unspecified atom stereocenters. The van der Waals surface area contributed by atoms with Gasteiger partial charge in [-0.3, -0.25) is 4.99 Å². The summed E-state index contributed by atoms with van der Waals surface area (Å²) in [5.41, 5.74) is 5.51. The van der Waals surface area contributed by atoms with Crippen molar-refractivity contribution in [2.24, 2.45) is 16.6 Å². The van der Waals surface area contributed by atoms with Gasteiger partial charge < -0.3 is 11.1 Å². The van der Waals surface area contributed by atoms with Crippen molar-refractivity contribution in [1.82, 2.24) is 0 Å². The molecule has 22 heavy (non-hydrogen) atoms. The molecule has 0 aromatic heterocycles. The molecule has 1 saturated heterocycles. The number of rotatable bonds is 3. The molecule has 1 fully saturated rings. The van der Waals surface area contributed by atoms with E-state index in [4.69, 9.17) is 5.73 Å². The standard InChI is InChI=1S/C13H17F2N3O2S.HI/c14-10-3-4-11(15)12(6-10)18-13(16)17-7-9-2-1-5-21(19,20)8-9;/h3-4,6,9H,1-2,5,7-8H2,(H3,16,17,18);1H. The molecule has 5 nitrogen and oxygen atoms in total. The maximum Gasteiger partial charge on any atom is 0.193 e. The Kier molecular flexibility index (Phi) is 6.98. The van der Waals surface area contributed by atoms with Crippen LogP contribution in [-0.4, -0.2) is 32.4 Å². The quantitative estimate of drug-likeness (QED) is 0.424. The summed E-state index contributed by atoms with van der Waals surface area (Å²) in [4.78, 5) is 4.01. The number of benzene rings is 1. The monoisotopic (exact) mass is 445 g/mol. The molecule has 0 saturated carbocycles. The molecule has 1 aromatic carbocycles. The molecule has 1 aliphatic rings. The van der Waals surface area contributed by atoms with Crippen LogP contribution in [0.25, 0.3) is 0 Å². The minimum absolute atomic E-state index is 0. The van der Waals surface area contributed by atoms with Gasteiger partial charge in [-0.1, -0.05) is 0 Å². The number of sulfone groups is 1. The van der Waals surface area contributed by atoms with Gasteiger partial charge in [0.2, 0.25) is 0 Å². The first-order chi connectivity index (χ1) is 9.85. The second kappa shape index (κ2) is 8.04. The fourth-order valence-corrected chi connectivity index (χ4v) is 4.02. The van der Waals surface area contributed by atoms with Crippen LogP contribution < -0.4 is 11.1 Å². The van der Waals surface area contributed by atoms with Crippen molar-refractivity contribution in [2.45, 2.75) is 12.8 Å². The Morgan fingerprint density at radius 3 is 2.82 bits per heavy atom. The van der Waals surface area contributed by atoms with E-state index in [2.05, 4.69) is 10.3 Å². The Hall–Kier alpha value is -0.970. The van der Waals surface area contributed by atoms with Crippen LogP contribution in [0, 0.1) is 17.6 Å². The molecule has 1 aliphatic heterocycles. The molecule has 0 spiro atoms. The van der Waals surface area contributed by atoms with Crippen LogP contribution in [0.5, 0.6) is 0 Å². The average Bonchev–Trinajstić information content (AvgIpc) is 2.40. The number of nitrogens with one attached hydrogen (secondary N) is 1. The molecule has 0 bridgehead atoms. The normalized spacial score (nSPS) is 21.0. The fourth-order valence-electron chi connectivity index (χ4n) is 2.26. The molecule has 1 heterocycles. The molecule has 0 amide bonds. The minimum atomic E-state index is -2.99. The summed E-state index contributed by atoms with van der Waals surface area (Å²) < 4.78 is 49.4. The van der Waals surface area contributed by atoms with Crippen molar-refractivity contribution in [3.05, 3.63) is 29.8 Å². The maximum absolute atomic E-state index is 13.4. The number of anilines is 1. The predicted molar refractivity (Wildman–Crippen MR) is 93.3 cm³/mol. The van der Waals surface area contributed by atoms with Crippen LogP contribution in [-0.2, 0) is 9.84 Å². The molecule has 1 atom stereocenters. The van der Waals surface area contributed by atoms with Gasteiger partial charge in [0.1, 0.15) is 11.6 Å². The third kappa shape index (κ3) is 5.67. The molecule has 3 N–H and O–H groups in total. The van der Waals surface area contributed by atoms with Crippen molar-refractivity contribution >= 4 is 45.5 Å². The van der Waals surface area contributed by atoms with Gasteiger partial charge in [0.05, 0.1) is 17.2 Å². The molecule has 0 radical (unpaired) electrons. The highest BCUT2D eigenvalue weighted by molar-refractivity contribution is 14.0. The van der Waals surface area contributed by atoms with E-state index in [1.807, 2.05) is 0 Å². The van der Waals surface area contributed by atoms with E-state index < -0.39 is 21.5 Å². The third-order valence-corrected chi connectivity index (χ3v) is 5.16. The molecule has 0 aliphatic carbocycles. The van der Waals surface area contributed by atoms with E-state index >= 15 is 0 Å². The van der Waals surface area contributed by atoms with Gasteiger partial charge in [-0.2, -0.15) is 0 Å². The Morgan fingerprint density at radius 2 is 2.14 bits per heavy atom. The second-order valence-corrected chi connectivity index (χ2v) is 7.33. The van der Waals surface area contributed by atoms with Gasteiger partial charge in [0, 0.05) is 12.6 Å². The minimum Gasteiger partial charge on any atom is -0.370 e. The first-order valence-electron chi connectivity index (χ1n) is 6.58. The van der Waals surface area contributed by atoms with Crippen LogP contribution in [0.4, 0.5) is 14.5 Å². The summed E-state index contributed by atoms with van der Waals surface area (Å²) in [5.74, 6) is -1.07. The number of aliphatic imine (C=N–C) groups is 1. The molecule has 9 heteroatoms. The zero-order chi connectivity index (χ0) is 15.5. The summed E-state index contributed by atoms with van der Waals surface area (Å²) in [5, 5.41) is 2.47. The summed E-state index contributed by atoms with van der Waals surface area (Å²) >= 11 is 0. The molecule has 124 valence electrons. The van der Waals surface area contributed by atoms with Crippen LogP contribution in [0.2, 0.25) is 0 Å². The lowest BCUT2D eigenvalue weighted by molar-refractivity contribution is 0.494. The van der Waals surface area contributed by atoms with Crippen LogP contribution in [0.3, 0.4) is 0 Å². The van der Waals surface area contributed by atoms with Crippen LogP contribution in [0.15, 0.2) is 23.2 Å². The highest BCUT2D eigenvalue weighted by atomic mass is 127. The van der Waals surface area contributed by atoms with Gasteiger partial charge in [0.15, 0.2) is 15.8 Å². The number of guanidine groups is 1. The van der Waals surface area contributed by atoms with Gasteiger partial charge in [-0.15, -0.1) is 24.0 Å². The van der Waals surface area contributed by atoms with E-state index in [0.29, 0.717) is 6.42 Å². The average molecular weight is 445 g/mol. The van der Waals surface area contributed by atoms with E-state index in [0.717, 1.165) is 24.6 Å². The smallest absolute Gasteiger partial charge is 0.193 e. The van der Waals surface area contributed by atoms with E-state index in [-0.39, 0.29) is 59.6 Å². The Labute approximate surface area is 145 Å². The zero-order valence-electron chi connectivity index (χ0n) is 11.8. The maximum atomic E-state index is 13.4. The Balaban J connectivity index is 0.00000242. The van der Waals surface area contributed by atoms with Crippen molar-refractivity contribution in [2.75, 3.05) is 23.4 Å². The highest BCUT2D eigenvalue weighted by Crippen LogP contribution is 2.19. The van der Waals surface area contributed by atoms with Crippen molar-refractivity contribution < 1.29 is 17.2 Å². The molecule has 2 rings (SSSR count). The molecular weight excluding hydrogens is 427 g/mol. The SMILES string of the molecule is I.NC(=NCC1CCCS(=O)(=O)C1)Nc1cc(F)ccc1F. The van der Waals surface area contributed by atoms with Gasteiger partial charge in [-0.25, -0.2) is 17.2 Å². The van der Waals surface area contributed by atoms with Crippen LogP contribution >= 0.6 is 24.0 Å².